The molecule has 16 heavy (non-hydrogen) atoms. The van der Waals surface area contributed by atoms with E-state index < -0.39 is 0 Å². The Hall–Kier alpha value is -0.420. The minimum atomic E-state index is 0.190. The molecule has 2 aromatic rings. The molecule has 1 aliphatic carbocycles. The minimum absolute atomic E-state index is 0.190. The second-order valence-electron chi connectivity index (χ2n) is 3.96. The largest absolute Gasteiger partial charge is 0.394 e. The predicted molar refractivity (Wildman–Crippen MR) is 69.2 cm³/mol. The number of epoxide rings is 1. The second kappa shape index (κ2) is 4.11. The van der Waals surface area contributed by atoms with Gasteiger partial charge in [-0.1, -0.05) is 15.9 Å². The van der Waals surface area contributed by atoms with Crippen molar-refractivity contribution in [3.8, 4) is 0 Å². The first-order chi connectivity index (χ1) is 7.78. The molecular weight excluding hydrogens is 288 g/mol. The SMILES string of the molecule is Brc1ccc2sc3c(c2c1)C3.OCC1CO1. The number of fused-ring (bicyclic) bond motifs is 3. The Bertz CT molecular complexity index is 531. The molecule has 1 unspecified atom stereocenters. The van der Waals surface area contributed by atoms with Crippen molar-refractivity contribution in [1.29, 1.82) is 0 Å². The van der Waals surface area contributed by atoms with Crippen LogP contribution in [0.5, 0.6) is 0 Å². The number of rotatable bonds is 1. The number of ether oxygens (including phenoxy) is 1. The highest BCUT2D eigenvalue weighted by molar-refractivity contribution is 9.10. The number of halogens is 1. The van der Waals surface area contributed by atoms with Crippen LogP contribution in [0.1, 0.15) is 10.4 Å². The Morgan fingerprint density at radius 3 is 2.94 bits per heavy atom. The van der Waals surface area contributed by atoms with E-state index in [-0.39, 0.29) is 12.7 Å². The second-order valence-corrected chi connectivity index (χ2v) is 6.01. The quantitative estimate of drug-likeness (QED) is 0.701. The first kappa shape index (κ1) is 10.7. The van der Waals surface area contributed by atoms with Gasteiger partial charge in [0.25, 0.3) is 0 Å². The molecular formula is C12H11BrO2S. The number of benzene rings is 1. The maximum atomic E-state index is 8.08. The van der Waals surface area contributed by atoms with E-state index in [0.717, 1.165) is 6.61 Å². The third-order valence-electron chi connectivity index (χ3n) is 2.65. The van der Waals surface area contributed by atoms with Crippen LogP contribution in [0.25, 0.3) is 10.1 Å². The van der Waals surface area contributed by atoms with Crippen LogP contribution in [0.3, 0.4) is 0 Å². The molecule has 0 spiro atoms. The highest BCUT2D eigenvalue weighted by Gasteiger charge is 2.23. The average Bonchev–Trinajstić information content (AvgIpc) is 3.19. The lowest BCUT2D eigenvalue weighted by molar-refractivity contribution is 0.244. The van der Waals surface area contributed by atoms with Crippen LogP contribution in [-0.2, 0) is 11.2 Å². The molecule has 2 aliphatic rings. The molecule has 1 aromatic carbocycles. The molecule has 4 heteroatoms. The smallest absolute Gasteiger partial charge is 0.104 e. The molecule has 4 rings (SSSR count). The number of aliphatic hydroxyl groups excluding tert-OH is 1. The molecule has 84 valence electrons. The number of hydrogen-bond acceptors (Lipinski definition) is 3. The fourth-order valence-corrected chi connectivity index (χ4v) is 3.10. The molecule has 2 nitrogen and oxygen atoms in total. The van der Waals surface area contributed by atoms with Gasteiger partial charge < -0.3 is 9.84 Å². The van der Waals surface area contributed by atoms with Crippen LogP contribution in [-0.4, -0.2) is 24.4 Å². The van der Waals surface area contributed by atoms with Gasteiger partial charge in [0, 0.05) is 20.5 Å². The molecule has 1 saturated heterocycles. The Labute approximate surface area is 106 Å². The van der Waals surface area contributed by atoms with E-state index in [1.807, 2.05) is 11.3 Å². The van der Waals surface area contributed by atoms with Crippen LogP contribution in [0.2, 0.25) is 0 Å². The molecule has 1 atom stereocenters. The van der Waals surface area contributed by atoms with Crippen LogP contribution < -0.4 is 0 Å². The summed E-state index contributed by atoms with van der Waals surface area (Å²) in [5.41, 5.74) is 1.58. The fourth-order valence-electron chi connectivity index (χ4n) is 1.59. The van der Waals surface area contributed by atoms with Crippen molar-refractivity contribution in [3.63, 3.8) is 0 Å². The zero-order chi connectivity index (χ0) is 11.1. The molecule has 1 aromatic heterocycles. The van der Waals surface area contributed by atoms with Gasteiger partial charge in [-0.25, -0.2) is 0 Å². The van der Waals surface area contributed by atoms with Gasteiger partial charge in [-0.3, -0.25) is 0 Å². The van der Waals surface area contributed by atoms with Crippen molar-refractivity contribution in [2.45, 2.75) is 12.5 Å². The highest BCUT2D eigenvalue weighted by atomic mass is 79.9. The molecule has 0 saturated carbocycles. The lowest BCUT2D eigenvalue weighted by Gasteiger charge is -1.91. The molecule has 0 radical (unpaired) electrons. The maximum absolute atomic E-state index is 8.08. The predicted octanol–water partition coefficient (Wildman–Crippen LogP) is 2.95. The Kier molecular flexibility index (Phi) is 2.75. The minimum Gasteiger partial charge on any atom is -0.394 e. The van der Waals surface area contributed by atoms with Crippen molar-refractivity contribution in [3.05, 3.63) is 33.1 Å². The summed E-state index contributed by atoms with van der Waals surface area (Å²) in [4.78, 5) is 1.58. The van der Waals surface area contributed by atoms with E-state index in [1.165, 1.54) is 21.0 Å². The summed E-state index contributed by atoms with van der Waals surface area (Å²) in [6.07, 6.45) is 1.43. The van der Waals surface area contributed by atoms with Gasteiger partial charge in [0.1, 0.15) is 6.10 Å². The van der Waals surface area contributed by atoms with Gasteiger partial charge in [0.2, 0.25) is 0 Å². The van der Waals surface area contributed by atoms with Crippen LogP contribution in [0.15, 0.2) is 22.7 Å². The Morgan fingerprint density at radius 1 is 1.50 bits per heavy atom. The Morgan fingerprint density at radius 2 is 2.31 bits per heavy atom. The van der Waals surface area contributed by atoms with E-state index in [0.29, 0.717) is 0 Å². The van der Waals surface area contributed by atoms with Gasteiger partial charge >= 0.3 is 0 Å². The van der Waals surface area contributed by atoms with Crippen molar-refractivity contribution in [1.82, 2.24) is 0 Å². The summed E-state index contributed by atoms with van der Waals surface area (Å²) < 4.78 is 7.23. The van der Waals surface area contributed by atoms with Gasteiger partial charge in [-0.05, 0) is 29.1 Å². The summed E-state index contributed by atoms with van der Waals surface area (Å²) in [7, 11) is 0. The normalized spacial score (nSPS) is 20.0. The standard InChI is InChI=1S/C9H5BrS.C3H6O2/c10-5-1-2-8-6(3-5)7-4-9(7)11-8;4-1-3-2-5-3/h1-3H,4H2;3-4H,1-2H2. The lowest BCUT2D eigenvalue weighted by Crippen LogP contribution is -1.88. The van der Waals surface area contributed by atoms with Crippen molar-refractivity contribution in [2.24, 2.45) is 0 Å². The first-order valence-electron chi connectivity index (χ1n) is 5.20. The van der Waals surface area contributed by atoms with Crippen molar-refractivity contribution in [2.75, 3.05) is 13.2 Å². The van der Waals surface area contributed by atoms with Gasteiger partial charge in [0.15, 0.2) is 0 Å². The molecule has 1 aliphatic heterocycles. The fraction of sp³-hybridized carbons (Fsp3) is 0.333. The van der Waals surface area contributed by atoms with Gasteiger partial charge in [0.05, 0.1) is 13.2 Å². The van der Waals surface area contributed by atoms with Crippen LogP contribution >= 0.6 is 27.3 Å². The summed E-state index contributed by atoms with van der Waals surface area (Å²) in [6.45, 7) is 0.955. The third kappa shape index (κ3) is 2.15. The summed E-state index contributed by atoms with van der Waals surface area (Å²) in [5, 5.41) is 9.54. The van der Waals surface area contributed by atoms with E-state index >= 15 is 0 Å². The molecule has 0 amide bonds. The molecule has 0 bridgehead atoms. The van der Waals surface area contributed by atoms with Crippen LogP contribution in [0.4, 0.5) is 0 Å². The van der Waals surface area contributed by atoms with Crippen molar-refractivity contribution >= 4 is 37.4 Å². The van der Waals surface area contributed by atoms with E-state index in [4.69, 9.17) is 5.11 Å². The van der Waals surface area contributed by atoms with Crippen molar-refractivity contribution < 1.29 is 9.84 Å². The zero-order valence-electron chi connectivity index (χ0n) is 8.57. The Balaban J connectivity index is 0.000000137. The number of thiophene rings is 1. The average molecular weight is 299 g/mol. The monoisotopic (exact) mass is 298 g/mol. The number of aliphatic hydroxyl groups is 1. The maximum Gasteiger partial charge on any atom is 0.104 e. The molecule has 1 N–H and O–H groups in total. The zero-order valence-corrected chi connectivity index (χ0v) is 11.0. The van der Waals surface area contributed by atoms with Crippen LogP contribution in [0, 0.1) is 0 Å². The van der Waals surface area contributed by atoms with Gasteiger partial charge in [-0.15, -0.1) is 11.3 Å². The van der Waals surface area contributed by atoms with E-state index in [9.17, 15) is 0 Å². The topological polar surface area (TPSA) is 32.8 Å². The van der Waals surface area contributed by atoms with Gasteiger partial charge in [-0.2, -0.15) is 0 Å². The lowest BCUT2D eigenvalue weighted by atomic mass is 10.2. The summed E-state index contributed by atoms with van der Waals surface area (Å²) in [6, 6.07) is 6.52. The molecule has 1 fully saturated rings. The number of hydrogen-bond donors (Lipinski definition) is 1. The van der Waals surface area contributed by atoms with E-state index in [1.54, 1.807) is 10.4 Å². The first-order valence-corrected chi connectivity index (χ1v) is 6.81. The summed E-state index contributed by atoms with van der Waals surface area (Å²) in [5.74, 6) is 0. The molecule has 2 heterocycles. The summed E-state index contributed by atoms with van der Waals surface area (Å²) >= 11 is 5.41. The van der Waals surface area contributed by atoms with E-state index in [2.05, 4.69) is 38.9 Å². The third-order valence-corrected chi connectivity index (χ3v) is 4.36. The highest BCUT2D eigenvalue weighted by Crippen LogP contribution is 2.43.